The summed E-state index contributed by atoms with van der Waals surface area (Å²) in [4.78, 5) is 0. The molecule has 3 nitrogen and oxygen atoms in total. The van der Waals surface area contributed by atoms with E-state index in [1.807, 2.05) is 37.4 Å². The number of nitrogens with two attached hydrogens (primary N) is 1. The molecule has 4 heteroatoms. The summed E-state index contributed by atoms with van der Waals surface area (Å²) in [6.07, 6.45) is 1.98. The molecule has 0 fully saturated rings. The Morgan fingerprint density at radius 1 is 1.19 bits per heavy atom. The zero-order chi connectivity index (χ0) is 14.8. The van der Waals surface area contributed by atoms with Gasteiger partial charge in [-0.15, -0.1) is 0 Å². The van der Waals surface area contributed by atoms with Crippen LogP contribution in [0.15, 0.2) is 48.7 Å². The van der Waals surface area contributed by atoms with Crippen LogP contribution in [0.5, 0.6) is 5.75 Å². The first-order valence-corrected chi connectivity index (χ1v) is 6.93. The van der Waals surface area contributed by atoms with Gasteiger partial charge in [-0.3, -0.25) is 0 Å². The van der Waals surface area contributed by atoms with Crippen LogP contribution in [0.25, 0.3) is 10.9 Å². The number of hydrogen-bond donors (Lipinski definition) is 1. The molecule has 0 saturated carbocycles. The minimum absolute atomic E-state index is 0.309. The zero-order valence-corrected chi connectivity index (χ0v) is 11.8. The molecule has 2 aromatic carbocycles. The summed E-state index contributed by atoms with van der Waals surface area (Å²) in [6.45, 7) is 3.16. The maximum Gasteiger partial charge on any atom is 0.128 e. The van der Waals surface area contributed by atoms with Crippen LogP contribution in [0, 0.1) is 5.82 Å². The summed E-state index contributed by atoms with van der Waals surface area (Å²) in [6, 6.07) is 12.6. The van der Waals surface area contributed by atoms with Crippen molar-refractivity contribution in [2.45, 2.75) is 13.5 Å². The monoisotopic (exact) mass is 284 g/mol. The molecular weight excluding hydrogens is 267 g/mol. The van der Waals surface area contributed by atoms with E-state index in [0.717, 1.165) is 22.2 Å². The number of anilines is 1. The van der Waals surface area contributed by atoms with Crippen molar-refractivity contribution in [3.8, 4) is 5.75 Å². The van der Waals surface area contributed by atoms with Crippen LogP contribution in [0.1, 0.15) is 12.5 Å². The van der Waals surface area contributed by atoms with Crippen LogP contribution in [-0.4, -0.2) is 11.2 Å². The van der Waals surface area contributed by atoms with Gasteiger partial charge < -0.3 is 15.0 Å². The maximum absolute atomic E-state index is 13.4. The first kappa shape index (κ1) is 13.5. The van der Waals surface area contributed by atoms with Crippen molar-refractivity contribution in [1.29, 1.82) is 0 Å². The van der Waals surface area contributed by atoms with Crippen molar-refractivity contribution in [2.24, 2.45) is 0 Å². The number of hydrogen-bond acceptors (Lipinski definition) is 2. The third kappa shape index (κ3) is 2.70. The topological polar surface area (TPSA) is 40.2 Å². The second-order valence-electron chi connectivity index (χ2n) is 4.96. The Hall–Kier alpha value is -2.49. The summed E-state index contributed by atoms with van der Waals surface area (Å²) in [5.74, 6) is 0.559. The number of nitrogens with zero attached hydrogens (tertiary/aromatic N) is 1. The molecule has 0 bridgehead atoms. The Morgan fingerprint density at radius 2 is 2.05 bits per heavy atom. The van der Waals surface area contributed by atoms with Gasteiger partial charge in [0, 0.05) is 23.8 Å². The number of halogens is 1. The van der Waals surface area contributed by atoms with E-state index in [0.29, 0.717) is 18.8 Å². The fraction of sp³-hybridized carbons (Fsp3) is 0.176. The van der Waals surface area contributed by atoms with Crippen LogP contribution in [0.2, 0.25) is 0 Å². The number of nitrogen functional groups attached to an aromatic ring is 1. The van der Waals surface area contributed by atoms with Crippen molar-refractivity contribution in [2.75, 3.05) is 12.3 Å². The molecule has 0 aliphatic rings. The lowest BCUT2D eigenvalue weighted by Gasteiger charge is -2.09. The van der Waals surface area contributed by atoms with Crippen LogP contribution >= 0.6 is 0 Å². The molecule has 2 N–H and O–H groups in total. The summed E-state index contributed by atoms with van der Waals surface area (Å²) < 4.78 is 21.1. The molecule has 1 heterocycles. The molecule has 0 spiro atoms. The number of rotatable bonds is 4. The molecule has 3 rings (SSSR count). The number of benzene rings is 2. The van der Waals surface area contributed by atoms with Gasteiger partial charge in [-0.2, -0.15) is 0 Å². The highest BCUT2D eigenvalue weighted by Gasteiger charge is 2.07. The number of fused-ring (bicyclic) bond motifs is 1. The minimum Gasteiger partial charge on any atom is -0.493 e. The van der Waals surface area contributed by atoms with Gasteiger partial charge >= 0.3 is 0 Å². The molecule has 108 valence electrons. The van der Waals surface area contributed by atoms with Crippen molar-refractivity contribution in [3.05, 3.63) is 60.0 Å². The number of aromatic nitrogens is 1. The standard InChI is InChI=1S/C17H17FN2O/c1-2-21-17-5-3-4-16-15(17)6-7-20(16)11-12-8-13(18)10-14(19)9-12/h3-10H,2,11,19H2,1H3. The Balaban J connectivity index is 1.99. The molecule has 0 radical (unpaired) electrons. The van der Waals surface area contributed by atoms with Gasteiger partial charge in [-0.1, -0.05) is 6.07 Å². The average Bonchev–Trinajstić information content (AvgIpc) is 2.82. The third-order valence-electron chi connectivity index (χ3n) is 3.41. The summed E-state index contributed by atoms with van der Waals surface area (Å²) in [5.41, 5.74) is 8.04. The summed E-state index contributed by atoms with van der Waals surface area (Å²) >= 11 is 0. The quantitative estimate of drug-likeness (QED) is 0.740. The van der Waals surface area contributed by atoms with Gasteiger partial charge in [0.25, 0.3) is 0 Å². The molecule has 0 unspecified atom stereocenters. The van der Waals surface area contributed by atoms with Crippen LogP contribution < -0.4 is 10.5 Å². The van der Waals surface area contributed by atoms with Crippen molar-refractivity contribution in [1.82, 2.24) is 4.57 Å². The lowest BCUT2D eigenvalue weighted by atomic mass is 10.2. The molecule has 3 aromatic rings. The highest BCUT2D eigenvalue weighted by atomic mass is 19.1. The highest BCUT2D eigenvalue weighted by Crippen LogP contribution is 2.27. The SMILES string of the molecule is CCOc1cccc2c1ccn2Cc1cc(N)cc(F)c1. The maximum atomic E-state index is 13.4. The molecule has 1 aromatic heterocycles. The van der Waals surface area contributed by atoms with E-state index in [1.165, 1.54) is 12.1 Å². The van der Waals surface area contributed by atoms with Crippen molar-refractivity contribution < 1.29 is 9.13 Å². The predicted molar refractivity (Wildman–Crippen MR) is 83.0 cm³/mol. The van der Waals surface area contributed by atoms with Crippen LogP contribution in [0.3, 0.4) is 0 Å². The molecular formula is C17H17FN2O. The first-order valence-electron chi connectivity index (χ1n) is 6.93. The van der Waals surface area contributed by atoms with E-state index in [4.69, 9.17) is 10.5 Å². The van der Waals surface area contributed by atoms with Crippen LogP contribution in [-0.2, 0) is 6.54 Å². The molecule has 0 saturated heterocycles. The zero-order valence-electron chi connectivity index (χ0n) is 11.8. The van der Waals surface area contributed by atoms with Crippen LogP contribution in [0.4, 0.5) is 10.1 Å². The Labute approximate surface area is 122 Å². The van der Waals surface area contributed by atoms with Gasteiger partial charge in [0.15, 0.2) is 0 Å². The number of ether oxygens (including phenoxy) is 1. The van der Waals surface area contributed by atoms with Crippen molar-refractivity contribution in [3.63, 3.8) is 0 Å². The van der Waals surface area contributed by atoms with E-state index >= 15 is 0 Å². The van der Waals surface area contributed by atoms with Gasteiger partial charge in [-0.25, -0.2) is 4.39 Å². The van der Waals surface area contributed by atoms with Gasteiger partial charge in [0.2, 0.25) is 0 Å². The van der Waals surface area contributed by atoms with Gasteiger partial charge in [-0.05, 0) is 48.9 Å². The molecule has 0 amide bonds. The Kier molecular flexibility index (Phi) is 3.52. The van der Waals surface area contributed by atoms with E-state index in [1.54, 1.807) is 6.07 Å². The highest BCUT2D eigenvalue weighted by molar-refractivity contribution is 5.86. The molecule has 0 aliphatic heterocycles. The van der Waals surface area contributed by atoms with E-state index in [9.17, 15) is 4.39 Å². The molecule has 0 atom stereocenters. The second-order valence-corrected chi connectivity index (χ2v) is 4.96. The van der Waals surface area contributed by atoms with E-state index in [2.05, 4.69) is 4.57 Å². The lowest BCUT2D eigenvalue weighted by Crippen LogP contribution is -2.00. The minimum atomic E-state index is -0.309. The Bertz CT molecular complexity index is 759. The molecule has 21 heavy (non-hydrogen) atoms. The predicted octanol–water partition coefficient (Wildman–Crippen LogP) is 3.81. The smallest absolute Gasteiger partial charge is 0.128 e. The summed E-state index contributed by atoms with van der Waals surface area (Å²) in [5, 5.41) is 1.06. The first-order chi connectivity index (χ1) is 10.2. The lowest BCUT2D eigenvalue weighted by molar-refractivity contribution is 0.344. The van der Waals surface area contributed by atoms with E-state index in [-0.39, 0.29) is 5.82 Å². The normalized spacial score (nSPS) is 11.0. The van der Waals surface area contributed by atoms with Gasteiger partial charge in [0.05, 0.1) is 12.1 Å². The second kappa shape index (κ2) is 5.48. The largest absolute Gasteiger partial charge is 0.493 e. The van der Waals surface area contributed by atoms with E-state index < -0.39 is 0 Å². The third-order valence-corrected chi connectivity index (χ3v) is 3.41. The fourth-order valence-corrected chi connectivity index (χ4v) is 2.58. The Morgan fingerprint density at radius 3 is 2.81 bits per heavy atom. The van der Waals surface area contributed by atoms with Crippen molar-refractivity contribution >= 4 is 16.6 Å². The fourth-order valence-electron chi connectivity index (χ4n) is 2.58. The van der Waals surface area contributed by atoms with Gasteiger partial charge in [0.1, 0.15) is 11.6 Å². The molecule has 0 aliphatic carbocycles. The average molecular weight is 284 g/mol. The summed E-state index contributed by atoms with van der Waals surface area (Å²) in [7, 11) is 0.